The van der Waals surface area contributed by atoms with Gasteiger partial charge >= 0.3 is 12.3 Å². The van der Waals surface area contributed by atoms with E-state index in [1.807, 2.05) is 0 Å². The smallest absolute Gasteiger partial charge is 0.477 e. The minimum atomic E-state index is -4.72. The van der Waals surface area contributed by atoms with Crippen LogP contribution in [0.4, 0.5) is 18.0 Å². The number of fused-ring (bicyclic) bond motifs is 1. The average molecular weight is 297 g/mol. The summed E-state index contributed by atoms with van der Waals surface area (Å²) < 4.78 is 47.4. The third-order valence-corrected chi connectivity index (χ3v) is 2.85. The Balaban J connectivity index is 2.34. The van der Waals surface area contributed by atoms with Gasteiger partial charge in [-0.3, -0.25) is 0 Å². The first-order chi connectivity index (χ1) is 8.77. The highest BCUT2D eigenvalue weighted by Gasteiger charge is 2.51. The number of carbonyl (C=O) groups is 1. The maximum atomic E-state index is 12.8. The van der Waals surface area contributed by atoms with Crippen LogP contribution in [-0.4, -0.2) is 29.6 Å². The number of halogens is 4. The van der Waals surface area contributed by atoms with E-state index in [4.69, 9.17) is 21.4 Å². The van der Waals surface area contributed by atoms with Gasteiger partial charge in [-0.05, 0) is 23.8 Å². The van der Waals surface area contributed by atoms with Gasteiger partial charge in [0.25, 0.3) is 0 Å². The van der Waals surface area contributed by atoms with Crippen LogP contribution < -0.4 is 4.74 Å². The van der Waals surface area contributed by atoms with Gasteiger partial charge in [-0.15, -0.1) is 0 Å². The van der Waals surface area contributed by atoms with E-state index in [9.17, 15) is 18.0 Å². The minimum Gasteiger partial charge on any atom is -0.477 e. The van der Waals surface area contributed by atoms with Crippen LogP contribution in [0.3, 0.4) is 0 Å². The Morgan fingerprint density at radius 3 is 2.74 bits per heavy atom. The third kappa shape index (κ3) is 3.04. The van der Waals surface area contributed by atoms with E-state index in [2.05, 4.69) is 4.74 Å². The van der Waals surface area contributed by atoms with Crippen molar-refractivity contribution in [3.8, 4) is 5.75 Å². The first-order valence-corrected chi connectivity index (χ1v) is 5.56. The molecule has 0 fully saturated rings. The molecule has 0 bridgehead atoms. The number of alkyl halides is 3. The third-order valence-electron chi connectivity index (χ3n) is 2.61. The fraction of sp³-hybridized carbons (Fsp3) is 0.364. The fourth-order valence-electron chi connectivity index (χ4n) is 1.87. The first-order valence-electron chi connectivity index (χ1n) is 5.19. The molecule has 0 saturated heterocycles. The summed E-state index contributed by atoms with van der Waals surface area (Å²) in [5.74, 6) is 0.0250. The second-order valence-electron chi connectivity index (χ2n) is 3.96. The number of carboxylic acid groups (broad SMARTS) is 1. The summed E-state index contributed by atoms with van der Waals surface area (Å²) in [5, 5.41) is 8.80. The van der Waals surface area contributed by atoms with Gasteiger partial charge in [0.05, 0.1) is 0 Å². The molecule has 8 heteroatoms. The van der Waals surface area contributed by atoms with Crippen molar-refractivity contribution in [1.82, 2.24) is 0 Å². The van der Waals surface area contributed by atoms with Crippen LogP contribution in [0.25, 0.3) is 0 Å². The molecule has 1 aliphatic heterocycles. The lowest BCUT2D eigenvalue weighted by Crippen LogP contribution is -2.49. The van der Waals surface area contributed by atoms with Crippen LogP contribution in [0.1, 0.15) is 5.56 Å². The number of hydrogen-bond acceptors (Lipinski definition) is 3. The molecular formula is C11H8ClF3O4. The summed E-state index contributed by atoms with van der Waals surface area (Å²) >= 11 is 5.72. The lowest BCUT2D eigenvalue weighted by atomic mass is 9.99. The van der Waals surface area contributed by atoms with E-state index in [1.54, 1.807) is 0 Å². The summed E-state index contributed by atoms with van der Waals surface area (Å²) in [4.78, 5) is 10.4. The van der Waals surface area contributed by atoms with Gasteiger partial charge in [-0.1, -0.05) is 11.6 Å². The zero-order valence-electron chi connectivity index (χ0n) is 9.28. The van der Waals surface area contributed by atoms with Crippen molar-refractivity contribution in [1.29, 1.82) is 0 Å². The van der Waals surface area contributed by atoms with E-state index in [0.29, 0.717) is 10.6 Å². The maximum Gasteiger partial charge on any atom is 0.506 e. The molecule has 0 radical (unpaired) electrons. The van der Waals surface area contributed by atoms with Gasteiger partial charge < -0.3 is 14.6 Å². The van der Waals surface area contributed by atoms with E-state index >= 15 is 0 Å². The Morgan fingerprint density at radius 1 is 1.47 bits per heavy atom. The molecule has 19 heavy (non-hydrogen) atoms. The lowest BCUT2D eigenvalue weighted by molar-refractivity contribution is -0.225. The van der Waals surface area contributed by atoms with Gasteiger partial charge in [0.1, 0.15) is 5.75 Å². The molecule has 2 rings (SSSR count). The molecule has 0 aliphatic carbocycles. The average Bonchev–Trinajstić information content (AvgIpc) is 2.25. The van der Waals surface area contributed by atoms with Crippen LogP contribution in [0.2, 0.25) is 5.02 Å². The summed E-state index contributed by atoms with van der Waals surface area (Å²) in [6.07, 6.45) is -10.7. The molecule has 1 aliphatic rings. The van der Waals surface area contributed by atoms with E-state index in [0.717, 1.165) is 0 Å². The summed E-state index contributed by atoms with van der Waals surface area (Å²) in [7, 11) is 0. The van der Waals surface area contributed by atoms with Crippen LogP contribution in [0.15, 0.2) is 18.2 Å². The Bertz CT molecular complexity index is 503. The first kappa shape index (κ1) is 13.8. The topological polar surface area (TPSA) is 55.8 Å². The highest BCUT2D eigenvalue weighted by Crippen LogP contribution is 2.37. The molecule has 1 N–H and O–H groups in total. The van der Waals surface area contributed by atoms with Crippen LogP contribution >= 0.6 is 11.6 Å². The number of benzene rings is 1. The van der Waals surface area contributed by atoms with Crippen molar-refractivity contribution in [2.45, 2.75) is 24.8 Å². The molecule has 1 heterocycles. The van der Waals surface area contributed by atoms with Gasteiger partial charge in [-0.25, -0.2) is 4.79 Å². The Kier molecular flexibility index (Phi) is 3.49. The van der Waals surface area contributed by atoms with Crippen molar-refractivity contribution < 1.29 is 32.5 Å². The molecular weight excluding hydrogens is 289 g/mol. The zero-order chi connectivity index (χ0) is 14.2. The van der Waals surface area contributed by atoms with Crippen molar-refractivity contribution in [3.63, 3.8) is 0 Å². The SMILES string of the molecule is O=C(O)O[C@@H]1Cc2cc(Cl)ccc2O[C@@H]1C(F)(F)F. The molecule has 2 atom stereocenters. The molecule has 0 amide bonds. The number of rotatable bonds is 1. The molecule has 1 aromatic carbocycles. The molecule has 104 valence electrons. The highest BCUT2D eigenvalue weighted by molar-refractivity contribution is 6.30. The van der Waals surface area contributed by atoms with Gasteiger partial charge in [0.2, 0.25) is 6.10 Å². The second kappa shape index (κ2) is 4.80. The normalized spacial score (nSPS) is 22.3. The standard InChI is InChI=1S/C11H8ClF3O4/c12-6-1-2-7-5(3-6)4-8(19-10(16)17)9(18-7)11(13,14)15/h1-3,8-9H,4H2,(H,16,17)/t8-,9+/m1/s1. The molecule has 0 unspecified atom stereocenters. The summed E-state index contributed by atoms with van der Waals surface area (Å²) in [6.45, 7) is 0. The number of ether oxygens (including phenoxy) is 2. The van der Waals surface area contributed by atoms with E-state index in [1.165, 1.54) is 18.2 Å². The van der Waals surface area contributed by atoms with Crippen LogP contribution in [0.5, 0.6) is 5.75 Å². The summed E-state index contributed by atoms with van der Waals surface area (Å²) in [6, 6.07) is 4.13. The Morgan fingerprint density at radius 2 is 2.16 bits per heavy atom. The maximum absolute atomic E-state index is 12.8. The molecule has 0 aromatic heterocycles. The fourth-order valence-corrected chi connectivity index (χ4v) is 2.06. The predicted octanol–water partition coefficient (Wildman–Crippen LogP) is 3.27. The number of hydrogen-bond donors (Lipinski definition) is 1. The Hall–Kier alpha value is -1.63. The van der Waals surface area contributed by atoms with Crippen molar-refractivity contribution in [2.24, 2.45) is 0 Å². The molecule has 4 nitrogen and oxygen atoms in total. The quantitative estimate of drug-likeness (QED) is 0.808. The monoisotopic (exact) mass is 296 g/mol. The predicted molar refractivity (Wildman–Crippen MR) is 58.5 cm³/mol. The summed E-state index contributed by atoms with van der Waals surface area (Å²) in [5.41, 5.74) is 0.374. The molecule has 0 spiro atoms. The molecule has 0 saturated carbocycles. The highest BCUT2D eigenvalue weighted by atomic mass is 35.5. The van der Waals surface area contributed by atoms with E-state index < -0.39 is 24.5 Å². The van der Waals surface area contributed by atoms with Crippen molar-refractivity contribution >= 4 is 17.8 Å². The van der Waals surface area contributed by atoms with Crippen LogP contribution in [-0.2, 0) is 11.2 Å². The Labute approximate surface area is 110 Å². The van der Waals surface area contributed by atoms with Crippen molar-refractivity contribution in [2.75, 3.05) is 0 Å². The van der Waals surface area contributed by atoms with Gasteiger partial charge in [0.15, 0.2) is 6.10 Å². The second-order valence-corrected chi connectivity index (χ2v) is 4.39. The van der Waals surface area contributed by atoms with Crippen LogP contribution in [0, 0.1) is 0 Å². The lowest BCUT2D eigenvalue weighted by Gasteiger charge is -2.33. The van der Waals surface area contributed by atoms with Gasteiger partial charge in [-0.2, -0.15) is 13.2 Å². The largest absolute Gasteiger partial charge is 0.506 e. The minimum absolute atomic E-state index is 0.0250. The van der Waals surface area contributed by atoms with Gasteiger partial charge in [0, 0.05) is 11.4 Å². The van der Waals surface area contributed by atoms with E-state index in [-0.39, 0.29) is 12.2 Å². The zero-order valence-corrected chi connectivity index (χ0v) is 10.0. The van der Waals surface area contributed by atoms with Crippen molar-refractivity contribution in [3.05, 3.63) is 28.8 Å². The molecule has 1 aromatic rings.